The average Bonchev–Trinajstić information content (AvgIpc) is 3.07. The van der Waals surface area contributed by atoms with Crippen molar-refractivity contribution in [1.29, 1.82) is 0 Å². The van der Waals surface area contributed by atoms with Crippen LogP contribution in [0.2, 0.25) is 0 Å². The van der Waals surface area contributed by atoms with Crippen LogP contribution >= 0.6 is 11.8 Å². The molecule has 132 valence electrons. The summed E-state index contributed by atoms with van der Waals surface area (Å²) in [5, 5.41) is 7.06. The van der Waals surface area contributed by atoms with Crippen LogP contribution in [0.4, 0.5) is 5.69 Å². The predicted molar refractivity (Wildman–Crippen MR) is 101 cm³/mol. The highest BCUT2D eigenvalue weighted by molar-refractivity contribution is 7.99. The van der Waals surface area contributed by atoms with Crippen molar-refractivity contribution in [2.45, 2.75) is 43.2 Å². The van der Waals surface area contributed by atoms with E-state index in [1.807, 2.05) is 44.2 Å². The summed E-state index contributed by atoms with van der Waals surface area (Å²) in [5.74, 6) is 0.729. The lowest BCUT2D eigenvalue weighted by molar-refractivity contribution is -0.116. The van der Waals surface area contributed by atoms with E-state index < -0.39 is 0 Å². The van der Waals surface area contributed by atoms with Crippen LogP contribution in [-0.2, 0) is 4.79 Å². The van der Waals surface area contributed by atoms with Crippen LogP contribution in [0.5, 0.6) is 0 Å². The fourth-order valence-electron chi connectivity index (χ4n) is 2.97. The summed E-state index contributed by atoms with van der Waals surface area (Å²) in [6, 6.07) is 9.80. The molecule has 1 aliphatic heterocycles. The van der Waals surface area contributed by atoms with Crippen molar-refractivity contribution < 1.29 is 4.79 Å². The zero-order valence-corrected chi connectivity index (χ0v) is 15.5. The summed E-state index contributed by atoms with van der Waals surface area (Å²) < 4.78 is 0. The number of carbonyl (C=O) groups excluding carboxylic acids is 1. The van der Waals surface area contributed by atoms with Gasteiger partial charge in [0.15, 0.2) is 5.16 Å². The molecule has 6 heteroatoms. The topological polar surface area (TPSA) is 66.9 Å². The first-order chi connectivity index (χ1) is 12.1. The predicted octanol–water partition coefficient (Wildman–Crippen LogP) is 3.57. The Kier molecular flexibility index (Phi) is 6.04. The molecule has 2 N–H and O–H groups in total. The molecule has 1 aliphatic rings. The SMILES string of the molecule is Cc1cc(C)nc(Sc2ccc(NC(=O)CCC3CCNC3)cc2)n1. The van der Waals surface area contributed by atoms with Crippen molar-refractivity contribution in [2.24, 2.45) is 5.92 Å². The second-order valence-electron chi connectivity index (χ2n) is 6.51. The van der Waals surface area contributed by atoms with E-state index in [0.717, 1.165) is 46.6 Å². The number of anilines is 1. The lowest BCUT2D eigenvalue weighted by atomic mass is 10.0. The number of rotatable bonds is 6. The molecule has 3 rings (SSSR count). The maximum atomic E-state index is 12.1. The van der Waals surface area contributed by atoms with E-state index in [0.29, 0.717) is 12.3 Å². The molecule has 0 aliphatic carbocycles. The summed E-state index contributed by atoms with van der Waals surface area (Å²) in [5.41, 5.74) is 2.77. The Morgan fingerprint density at radius 3 is 2.60 bits per heavy atom. The van der Waals surface area contributed by atoms with Crippen LogP contribution in [-0.4, -0.2) is 29.0 Å². The van der Waals surface area contributed by atoms with Gasteiger partial charge in [0.05, 0.1) is 0 Å². The highest BCUT2D eigenvalue weighted by atomic mass is 32.2. The average molecular weight is 356 g/mol. The molecule has 0 spiro atoms. The number of benzene rings is 1. The van der Waals surface area contributed by atoms with Gasteiger partial charge in [0.25, 0.3) is 0 Å². The highest BCUT2D eigenvalue weighted by Gasteiger charge is 2.15. The van der Waals surface area contributed by atoms with Crippen LogP contribution in [0.3, 0.4) is 0 Å². The first kappa shape index (κ1) is 17.9. The minimum atomic E-state index is 0.0879. The molecule has 1 aromatic heterocycles. The fourth-order valence-corrected chi connectivity index (χ4v) is 3.83. The van der Waals surface area contributed by atoms with Gasteiger partial charge in [-0.1, -0.05) is 0 Å². The first-order valence-electron chi connectivity index (χ1n) is 8.69. The van der Waals surface area contributed by atoms with E-state index in [2.05, 4.69) is 20.6 Å². The number of nitrogens with zero attached hydrogens (tertiary/aromatic N) is 2. The Morgan fingerprint density at radius 2 is 1.96 bits per heavy atom. The molecule has 2 heterocycles. The van der Waals surface area contributed by atoms with Gasteiger partial charge in [-0.3, -0.25) is 4.79 Å². The van der Waals surface area contributed by atoms with Crippen LogP contribution < -0.4 is 10.6 Å². The lowest BCUT2D eigenvalue weighted by Gasteiger charge is -2.09. The smallest absolute Gasteiger partial charge is 0.224 e. The molecule has 1 saturated heterocycles. The number of carbonyl (C=O) groups is 1. The van der Waals surface area contributed by atoms with Gasteiger partial charge in [0.2, 0.25) is 5.91 Å². The number of amides is 1. The monoisotopic (exact) mass is 356 g/mol. The Labute approximate surface area is 153 Å². The zero-order valence-electron chi connectivity index (χ0n) is 14.7. The van der Waals surface area contributed by atoms with E-state index in [9.17, 15) is 4.79 Å². The van der Waals surface area contributed by atoms with Gasteiger partial charge < -0.3 is 10.6 Å². The van der Waals surface area contributed by atoms with Crippen LogP contribution in [0, 0.1) is 19.8 Å². The molecule has 1 atom stereocenters. The molecule has 0 saturated carbocycles. The third-order valence-electron chi connectivity index (χ3n) is 4.25. The molecule has 0 bridgehead atoms. The van der Waals surface area contributed by atoms with Gasteiger partial charge in [-0.25, -0.2) is 9.97 Å². The zero-order chi connectivity index (χ0) is 17.6. The summed E-state index contributed by atoms with van der Waals surface area (Å²) in [4.78, 5) is 22.0. The fraction of sp³-hybridized carbons (Fsp3) is 0.421. The number of hydrogen-bond donors (Lipinski definition) is 2. The molecular formula is C19H24N4OS. The van der Waals surface area contributed by atoms with Crippen molar-refractivity contribution in [3.8, 4) is 0 Å². The van der Waals surface area contributed by atoms with Gasteiger partial charge in [0.1, 0.15) is 0 Å². The maximum absolute atomic E-state index is 12.1. The van der Waals surface area contributed by atoms with Crippen molar-refractivity contribution in [3.05, 3.63) is 41.7 Å². The lowest BCUT2D eigenvalue weighted by Crippen LogP contribution is -2.14. The van der Waals surface area contributed by atoms with Crippen molar-refractivity contribution in [3.63, 3.8) is 0 Å². The molecule has 1 unspecified atom stereocenters. The number of hydrogen-bond acceptors (Lipinski definition) is 5. The first-order valence-corrected chi connectivity index (χ1v) is 9.51. The van der Waals surface area contributed by atoms with Gasteiger partial charge in [-0.2, -0.15) is 0 Å². The minimum Gasteiger partial charge on any atom is -0.326 e. The minimum absolute atomic E-state index is 0.0879. The van der Waals surface area contributed by atoms with Crippen molar-refractivity contribution >= 4 is 23.4 Å². The quantitative estimate of drug-likeness (QED) is 0.775. The second kappa shape index (κ2) is 8.45. The van der Waals surface area contributed by atoms with Crippen molar-refractivity contribution in [1.82, 2.24) is 15.3 Å². The third kappa shape index (κ3) is 5.54. The Morgan fingerprint density at radius 1 is 1.24 bits per heavy atom. The van der Waals surface area contributed by atoms with Gasteiger partial charge in [0, 0.05) is 28.4 Å². The molecule has 2 aromatic rings. The van der Waals surface area contributed by atoms with E-state index in [4.69, 9.17) is 0 Å². The molecule has 0 radical (unpaired) electrons. The number of aromatic nitrogens is 2. The van der Waals surface area contributed by atoms with Gasteiger partial charge in [-0.05, 0) is 87.8 Å². The molecule has 1 aromatic carbocycles. The van der Waals surface area contributed by atoms with Crippen molar-refractivity contribution in [2.75, 3.05) is 18.4 Å². The highest BCUT2D eigenvalue weighted by Crippen LogP contribution is 2.26. The van der Waals surface area contributed by atoms with E-state index in [1.54, 1.807) is 0 Å². The van der Waals surface area contributed by atoms with E-state index in [1.165, 1.54) is 18.2 Å². The van der Waals surface area contributed by atoms with Crippen LogP contribution in [0.1, 0.15) is 30.7 Å². The largest absolute Gasteiger partial charge is 0.326 e. The molecular weight excluding hydrogens is 332 g/mol. The summed E-state index contributed by atoms with van der Waals surface area (Å²) >= 11 is 1.53. The Balaban J connectivity index is 1.51. The Bertz CT molecular complexity index is 706. The second-order valence-corrected chi connectivity index (χ2v) is 7.55. The maximum Gasteiger partial charge on any atom is 0.224 e. The standard InChI is InChI=1S/C19H24N4OS/c1-13-11-14(2)22-19(21-13)25-17-6-4-16(5-7-17)23-18(24)8-3-15-9-10-20-12-15/h4-7,11,15,20H,3,8-10,12H2,1-2H3,(H,23,24). The number of aryl methyl sites for hydroxylation is 2. The Hall–Kier alpha value is -1.92. The number of nitrogens with one attached hydrogen (secondary N) is 2. The summed E-state index contributed by atoms with van der Waals surface area (Å²) in [6.07, 6.45) is 2.72. The molecule has 25 heavy (non-hydrogen) atoms. The van der Waals surface area contributed by atoms with E-state index in [-0.39, 0.29) is 5.91 Å². The van der Waals surface area contributed by atoms with E-state index >= 15 is 0 Å². The van der Waals surface area contributed by atoms with Gasteiger partial charge in [-0.15, -0.1) is 0 Å². The molecule has 1 fully saturated rings. The molecule has 1 amide bonds. The van der Waals surface area contributed by atoms with Crippen LogP contribution in [0.15, 0.2) is 40.4 Å². The normalized spacial score (nSPS) is 16.8. The van der Waals surface area contributed by atoms with Crippen LogP contribution in [0.25, 0.3) is 0 Å². The third-order valence-corrected chi connectivity index (χ3v) is 5.12. The van der Waals surface area contributed by atoms with Gasteiger partial charge >= 0.3 is 0 Å². The summed E-state index contributed by atoms with van der Waals surface area (Å²) in [7, 11) is 0. The molecule has 5 nitrogen and oxygen atoms in total. The summed E-state index contributed by atoms with van der Waals surface area (Å²) in [6.45, 7) is 6.06.